The van der Waals surface area contributed by atoms with Gasteiger partial charge in [0.1, 0.15) is 12.4 Å². The molecule has 1 aromatic carbocycles. The molecule has 0 heterocycles. The largest absolute Gasteiger partial charge is 0.493 e. The minimum atomic E-state index is -0.415. The SMILES string of the molecule is COc1cc(OCCO)ccc1OC(C)=O. The van der Waals surface area contributed by atoms with Gasteiger partial charge in [-0.3, -0.25) is 4.79 Å². The van der Waals surface area contributed by atoms with Crippen molar-refractivity contribution in [3.8, 4) is 17.2 Å². The first-order valence-electron chi connectivity index (χ1n) is 4.77. The Morgan fingerprint density at radius 1 is 1.38 bits per heavy atom. The number of carbonyl (C=O) groups is 1. The highest BCUT2D eigenvalue weighted by molar-refractivity contribution is 5.70. The number of methoxy groups -OCH3 is 1. The Balaban J connectivity index is 2.83. The maximum atomic E-state index is 10.8. The lowest BCUT2D eigenvalue weighted by Crippen LogP contribution is -2.04. The molecule has 1 rings (SSSR count). The monoisotopic (exact) mass is 226 g/mol. The molecular weight excluding hydrogens is 212 g/mol. The first kappa shape index (κ1) is 12.3. The average molecular weight is 226 g/mol. The van der Waals surface area contributed by atoms with E-state index in [1.165, 1.54) is 14.0 Å². The zero-order valence-corrected chi connectivity index (χ0v) is 9.23. The molecule has 1 aromatic rings. The predicted molar refractivity (Wildman–Crippen MR) is 56.9 cm³/mol. The number of esters is 1. The summed E-state index contributed by atoms with van der Waals surface area (Å²) in [5.41, 5.74) is 0. The minimum absolute atomic E-state index is 0.0615. The number of ether oxygens (including phenoxy) is 3. The molecule has 0 radical (unpaired) electrons. The van der Waals surface area contributed by atoms with Crippen LogP contribution in [-0.4, -0.2) is 31.4 Å². The Hall–Kier alpha value is -1.75. The van der Waals surface area contributed by atoms with Gasteiger partial charge in [-0.1, -0.05) is 0 Å². The van der Waals surface area contributed by atoms with Crippen LogP contribution in [0.15, 0.2) is 18.2 Å². The van der Waals surface area contributed by atoms with Crippen LogP contribution < -0.4 is 14.2 Å². The van der Waals surface area contributed by atoms with Crippen molar-refractivity contribution in [2.24, 2.45) is 0 Å². The van der Waals surface area contributed by atoms with Gasteiger partial charge in [0.25, 0.3) is 0 Å². The van der Waals surface area contributed by atoms with Crippen LogP contribution in [0, 0.1) is 0 Å². The van der Waals surface area contributed by atoms with E-state index in [0.29, 0.717) is 17.2 Å². The van der Waals surface area contributed by atoms with Crippen LogP contribution in [0.5, 0.6) is 17.2 Å². The van der Waals surface area contributed by atoms with E-state index in [2.05, 4.69) is 0 Å². The lowest BCUT2D eigenvalue weighted by molar-refractivity contribution is -0.132. The standard InChI is InChI=1S/C11H14O5/c1-8(13)16-10-4-3-9(15-6-5-12)7-11(10)14-2/h3-4,7,12H,5-6H2,1-2H3. The molecule has 0 unspecified atom stereocenters. The van der Waals surface area contributed by atoms with Crippen LogP contribution in [-0.2, 0) is 4.79 Å². The van der Waals surface area contributed by atoms with Crippen molar-refractivity contribution in [3.05, 3.63) is 18.2 Å². The smallest absolute Gasteiger partial charge is 0.308 e. The fourth-order valence-corrected chi connectivity index (χ4v) is 1.14. The van der Waals surface area contributed by atoms with E-state index in [9.17, 15) is 4.79 Å². The molecule has 0 saturated carbocycles. The van der Waals surface area contributed by atoms with Crippen molar-refractivity contribution in [2.75, 3.05) is 20.3 Å². The van der Waals surface area contributed by atoms with Crippen molar-refractivity contribution >= 4 is 5.97 Å². The second-order valence-corrected chi connectivity index (χ2v) is 2.98. The van der Waals surface area contributed by atoms with Gasteiger partial charge in [0.05, 0.1) is 13.7 Å². The molecule has 0 fully saturated rings. The fraction of sp³-hybridized carbons (Fsp3) is 0.364. The van der Waals surface area contributed by atoms with Crippen LogP contribution >= 0.6 is 0 Å². The molecule has 5 nitrogen and oxygen atoms in total. The number of carbonyl (C=O) groups excluding carboxylic acids is 1. The lowest BCUT2D eigenvalue weighted by atomic mass is 10.3. The summed E-state index contributed by atoms with van der Waals surface area (Å²) in [6.07, 6.45) is 0. The number of aliphatic hydroxyl groups excluding tert-OH is 1. The third-order valence-electron chi connectivity index (χ3n) is 1.75. The van der Waals surface area contributed by atoms with E-state index in [1.54, 1.807) is 18.2 Å². The third kappa shape index (κ3) is 3.43. The highest BCUT2D eigenvalue weighted by Gasteiger charge is 2.08. The molecule has 0 saturated heterocycles. The van der Waals surface area contributed by atoms with Crippen molar-refractivity contribution in [1.29, 1.82) is 0 Å². The van der Waals surface area contributed by atoms with E-state index in [-0.39, 0.29) is 13.2 Å². The van der Waals surface area contributed by atoms with Gasteiger partial charge in [0, 0.05) is 13.0 Å². The Morgan fingerprint density at radius 3 is 2.69 bits per heavy atom. The third-order valence-corrected chi connectivity index (χ3v) is 1.75. The number of hydrogen-bond donors (Lipinski definition) is 1. The van der Waals surface area contributed by atoms with Gasteiger partial charge in [0.2, 0.25) is 0 Å². The molecule has 0 amide bonds. The fourth-order valence-electron chi connectivity index (χ4n) is 1.14. The average Bonchev–Trinajstić information content (AvgIpc) is 2.27. The molecule has 0 aliphatic carbocycles. The van der Waals surface area contributed by atoms with E-state index < -0.39 is 5.97 Å². The second kappa shape index (κ2) is 5.97. The van der Waals surface area contributed by atoms with E-state index in [0.717, 1.165) is 0 Å². The summed E-state index contributed by atoms with van der Waals surface area (Å²) in [5, 5.41) is 8.60. The normalized spacial score (nSPS) is 9.69. The summed E-state index contributed by atoms with van der Waals surface area (Å²) >= 11 is 0. The van der Waals surface area contributed by atoms with Crippen LogP contribution in [0.25, 0.3) is 0 Å². The van der Waals surface area contributed by atoms with E-state index >= 15 is 0 Å². The molecule has 5 heteroatoms. The van der Waals surface area contributed by atoms with Crippen LogP contribution in [0.4, 0.5) is 0 Å². The highest BCUT2D eigenvalue weighted by Crippen LogP contribution is 2.31. The molecule has 1 N–H and O–H groups in total. The van der Waals surface area contributed by atoms with Crippen molar-refractivity contribution < 1.29 is 24.1 Å². The topological polar surface area (TPSA) is 65.0 Å². The molecule has 0 aromatic heterocycles. The summed E-state index contributed by atoms with van der Waals surface area (Å²) in [7, 11) is 1.47. The maximum Gasteiger partial charge on any atom is 0.308 e. The number of benzene rings is 1. The lowest BCUT2D eigenvalue weighted by Gasteiger charge is -2.10. The maximum absolute atomic E-state index is 10.8. The summed E-state index contributed by atoms with van der Waals surface area (Å²) in [6.45, 7) is 1.46. The van der Waals surface area contributed by atoms with Crippen LogP contribution in [0.1, 0.15) is 6.92 Å². The Bertz CT molecular complexity index is 361. The Kier molecular flexibility index (Phi) is 4.60. The zero-order chi connectivity index (χ0) is 12.0. The number of hydrogen-bond acceptors (Lipinski definition) is 5. The molecule has 0 atom stereocenters. The number of rotatable bonds is 5. The minimum Gasteiger partial charge on any atom is -0.493 e. The van der Waals surface area contributed by atoms with Crippen molar-refractivity contribution in [3.63, 3.8) is 0 Å². The quantitative estimate of drug-likeness (QED) is 0.599. The zero-order valence-electron chi connectivity index (χ0n) is 9.23. The molecule has 0 bridgehead atoms. The van der Waals surface area contributed by atoms with Gasteiger partial charge in [-0.2, -0.15) is 0 Å². The van der Waals surface area contributed by atoms with Crippen LogP contribution in [0.3, 0.4) is 0 Å². The summed E-state index contributed by atoms with van der Waals surface area (Å²) in [4.78, 5) is 10.8. The summed E-state index contributed by atoms with van der Waals surface area (Å²) in [6, 6.07) is 4.80. The van der Waals surface area contributed by atoms with Crippen molar-refractivity contribution in [1.82, 2.24) is 0 Å². The van der Waals surface area contributed by atoms with Gasteiger partial charge >= 0.3 is 5.97 Å². The van der Waals surface area contributed by atoms with Gasteiger partial charge in [-0.05, 0) is 12.1 Å². The molecule has 16 heavy (non-hydrogen) atoms. The number of aliphatic hydroxyl groups is 1. The molecule has 0 aliphatic rings. The molecule has 0 aliphatic heterocycles. The van der Waals surface area contributed by atoms with Crippen LogP contribution in [0.2, 0.25) is 0 Å². The first-order valence-corrected chi connectivity index (χ1v) is 4.77. The summed E-state index contributed by atoms with van der Waals surface area (Å²) in [5.74, 6) is 0.876. The van der Waals surface area contributed by atoms with E-state index in [4.69, 9.17) is 19.3 Å². The van der Waals surface area contributed by atoms with Gasteiger partial charge in [-0.25, -0.2) is 0 Å². The first-order chi connectivity index (χ1) is 7.67. The summed E-state index contributed by atoms with van der Waals surface area (Å²) < 4.78 is 15.2. The Labute approximate surface area is 93.6 Å². The van der Waals surface area contributed by atoms with Gasteiger partial charge < -0.3 is 19.3 Å². The highest BCUT2D eigenvalue weighted by atomic mass is 16.6. The Morgan fingerprint density at radius 2 is 2.12 bits per heavy atom. The predicted octanol–water partition coefficient (Wildman–Crippen LogP) is 0.992. The van der Waals surface area contributed by atoms with Crippen molar-refractivity contribution in [2.45, 2.75) is 6.92 Å². The molecular formula is C11H14O5. The van der Waals surface area contributed by atoms with Gasteiger partial charge in [-0.15, -0.1) is 0 Å². The van der Waals surface area contributed by atoms with Gasteiger partial charge in [0.15, 0.2) is 11.5 Å². The molecule has 0 spiro atoms. The second-order valence-electron chi connectivity index (χ2n) is 2.98. The molecule has 88 valence electrons. The van der Waals surface area contributed by atoms with E-state index in [1.807, 2.05) is 0 Å².